The van der Waals surface area contributed by atoms with Crippen molar-refractivity contribution in [3.63, 3.8) is 0 Å². The maximum absolute atomic E-state index is 13.1. The molecule has 4 aliphatic rings. The topological polar surface area (TPSA) is 17.1 Å². The number of carbonyl (C=O) groups excluding carboxylic acids is 1. The molecule has 0 heterocycles. The van der Waals surface area contributed by atoms with Crippen LogP contribution in [0.5, 0.6) is 0 Å². The van der Waals surface area contributed by atoms with E-state index in [0.717, 1.165) is 51.4 Å². The molecule has 0 N–H and O–H groups in total. The maximum Gasteiger partial charge on any atom is 0.267 e. The van der Waals surface area contributed by atoms with Gasteiger partial charge in [-0.2, -0.15) is 8.78 Å². The van der Waals surface area contributed by atoms with Crippen molar-refractivity contribution < 1.29 is 13.6 Å². The van der Waals surface area contributed by atoms with E-state index in [-0.39, 0.29) is 5.41 Å². The standard InChI is InChI=1S/C20H26F2O/c1-19-9-6-14(23)11-13(19)4-5-15-16(19)7-10-20(12-18(21)22)8-2-3-17(15)20/h2,8,12-13,15-17H,3-7,9-11H2,1H3/t13-,15+,16-,17-,19-,20-/m0/s1. The molecule has 4 aliphatic carbocycles. The summed E-state index contributed by atoms with van der Waals surface area (Å²) in [7, 11) is 0. The second-order valence-corrected chi connectivity index (χ2v) is 8.62. The van der Waals surface area contributed by atoms with E-state index in [2.05, 4.69) is 19.1 Å². The first-order chi connectivity index (χ1) is 10.9. The number of carbonyl (C=O) groups is 1. The number of halogens is 2. The van der Waals surface area contributed by atoms with Gasteiger partial charge < -0.3 is 0 Å². The zero-order chi connectivity index (χ0) is 16.2. The summed E-state index contributed by atoms with van der Waals surface area (Å²) in [5.74, 6) is 2.46. The Kier molecular flexibility index (Phi) is 3.55. The van der Waals surface area contributed by atoms with Crippen LogP contribution in [0.4, 0.5) is 8.78 Å². The third-order valence-corrected chi connectivity index (χ3v) is 7.85. The Bertz CT molecular complexity index is 576. The molecule has 0 aromatic carbocycles. The summed E-state index contributed by atoms with van der Waals surface area (Å²) in [6.07, 6.45) is 11.5. The first kappa shape index (κ1) is 15.5. The van der Waals surface area contributed by atoms with Gasteiger partial charge >= 0.3 is 0 Å². The number of hydrogen-bond donors (Lipinski definition) is 0. The number of rotatable bonds is 1. The summed E-state index contributed by atoms with van der Waals surface area (Å²) in [6.45, 7) is 2.39. The van der Waals surface area contributed by atoms with E-state index in [1.54, 1.807) is 0 Å². The van der Waals surface area contributed by atoms with Crippen LogP contribution < -0.4 is 0 Å². The molecule has 0 aromatic heterocycles. The number of Topliss-reactive ketones (excluding diaryl/α,β-unsaturated/α-hetero) is 1. The van der Waals surface area contributed by atoms with Crippen molar-refractivity contribution >= 4 is 5.78 Å². The first-order valence-corrected chi connectivity index (χ1v) is 9.18. The zero-order valence-electron chi connectivity index (χ0n) is 13.9. The van der Waals surface area contributed by atoms with Crippen molar-refractivity contribution in [2.24, 2.45) is 34.5 Å². The van der Waals surface area contributed by atoms with Crippen LogP contribution >= 0.6 is 0 Å². The normalized spacial score (nSPS) is 48.4. The van der Waals surface area contributed by atoms with Gasteiger partial charge in [0.1, 0.15) is 5.78 Å². The molecular weight excluding hydrogens is 294 g/mol. The van der Waals surface area contributed by atoms with Gasteiger partial charge in [-0.1, -0.05) is 19.1 Å². The smallest absolute Gasteiger partial charge is 0.267 e. The fourth-order valence-corrected chi connectivity index (χ4v) is 6.71. The maximum atomic E-state index is 13.1. The molecule has 0 spiro atoms. The summed E-state index contributed by atoms with van der Waals surface area (Å²) in [5, 5.41) is 0. The molecule has 1 nitrogen and oxygen atoms in total. The average molecular weight is 320 g/mol. The van der Waals surface area contributed by atoms with Gasteiger partial charge in [0.25, 0.3) is 6.08 Å². The Balaban J connectivity index is 1.65. The Hall–Kier alpha value is -0.990. The van der Waals surface area contributed by atoms with Crippen LogP contribution in [0.2, 0.25) is 0 Å². The third kappa shape index (κ3) is 2.26. The lowest BCUT2D eigenvalue weighted by Gasteiger charge is -2.59. The molecule has 0 amide bonds. The van der Waals surface area contributed by atoms with Gasteiger partial charge in [0.05, 0.1) is 0 Å². The lowest BCUT2D eigenvalue weighted by atomic mass is 9.45. The molecule has 0 radical (unpaired) electrons. The summed E-state index contributed by atoms with van der Waals surface area (Å²) in [5.41, 5.74) is -0.142. The summed E-state index contributed by atoms with van der Waals surface area (Å²) >= 11 is 0. The predicted octanol–water partition coefficient (Wildman–Crippen LogP) is 5.52. The molecular formula is C20H26F2O. The van der Waals surface area contributed by atoms with E-state index in [1.165, 1.54) is 6.08 Å². The first-order valence-electron chi connectivity index (χ1n) is 9.18. The average Bonchev–Trinajstić information content (AvgIpc) is 2.90. The van der Waals surface area contributed by atoms with E-state index in [0.29, 0.717) is 29.5 Å². The van der Waals surface area contributed by atoms with Crippen LogP contribution in [-0.4, -0.2) is 5.78 Å². The molecule has 4 rings (SSSR count). The highest BCUT2D eigenvalue weighted by atomic mass is 19.3. The molecule has 0 aliphatic heterocycles. The van der Waals surface area contributed by atoms with Crippen molar-refractivity contribution in [1.82, 2.24) is 0 Å². The second-order valence-electron chi connectivity index (χ2n) is 8.62. The lowest BCUT2D eigenvalue weighted by Crippen LogP contribution is -2.53. The summed E-state index contributed by atoms with van der Waals surface area (Å²) < 4.78 is 26.1. The quantitative estimate of drug-likeness (QED) is 0.581. The Morgan fingerprint density at radius 3 is 2.83 bits per heavy atom. The molecule has 0 saturated heterocycles. The van der Waals surface area contributed by atoms with Crippen molar-refractivity contribution in [3.05, 3.63) is 24.3 Å². The molecule has 3 saturated carbocycles. The number of hydrogen-bond acceptors (Lipinski definition) is 1. The molecule has 3 fully saturated rings. The fraction of sp³-hybridized carbons (Fsp3) is 0.750. The Labute approximate surface area is 137 Å². The van der Waals surface area contributed by atoms with Crippen molar-refractivity contribution in [1.29, 1.82) is 0 Å². The van der Waals surface area contributed by atoms with Gasteiger partial charge in [0.15, 0.2) is 0 Å². The number of ketones is 1. The molecule has 0 bridgehead atoms. The molecule has 126 valence electrons. The molecule has 0 unspecified atom stereocenters. The van der Waals surface area contributed by atoms with Crippen molar-refractivity contribution in [2.75, 3.05) is 0 Å². The van der Waals surface area contributed by atoms with Crippen LogP contribution in [0.25, 0.3) is 0 Å². The number of allylic oxidation sites excluding steroid dienone is 3. The number of fused-ring (bicyclic) bond motifs is 5. The largest absolute Gasteiger partial charge is 0.300 e. The van der Waals surface area contributed by atoms with E-state index in [9.17, 15) is 13.6 Å². The van der Waals surface area contributed by atoms with Crippen LogP contribution in [0, 0.1) is 34.5 Å². The zero-order valence-corrected chi connectivity index (χ0v) is 13.9. The van der Waals surface area contributed by atoms with E-state index < -0.39 is 11.5 Å². The highest BCUT2D eigenvalue weighted by Gasteiger charge is 2.57. The van der Waals surface area contributed by atoms with Crippen molar-refractivity contribution in [3.8, 4) is 0 Å². The van der Waals surface area contributed by atoms with Crippen LogP contribution in [0.1, 0.15) is 58.3 Å². The predicted molar refractivity (Wildman–Crippen MR) is 85.9 cm³/mol. The highest BCUT2D eigenvalue weighted by molar-refractivity contribution is 5.79. The van der Waals surface area contributed by atoms with Crippen LogP contribution in [-0.2, 0) is 4.79 Å². The third-order valence-electron chi connectivity index (χ3n) is 7.85. The van der Waals surface area contributed by atoms with Crippen LogP contribution in [0.3, 0.4) is 0 Å². The SMILES string of the molecule is C[C@]12CCC(=O)C[C@@H]1CC[C@H]1[C@@H]3CC=C[C@@]3(C=C(F)F)CC[C@@H]12. The minimum absolute atomic E-state index is 0.254. The fourth-order valence-electron chi connectivity index (χ4n) is 6.71. The molecule has 3 heteroatoms. The Morgan fingerprint density at radius 1 is 1.22 bits per heavy atom. The van der Waals surface area contributed by atoms with Gasteiger partial charge in [-0.25, -0.2) is 0 Å². The minimum Gasteiger partial charge on any atom is -0.300 e. The highest BCUT2D eigenvalue weighted by Crippen LogP contribution is 2.65. The molecule has 0 aromatic rings. The van der Waals surface area contributed by atoms with E-state index in [4.69, 9.17) is 0 Å². The van der Waals surface area contributed by atoms with Crippen LogP contribution in [0.15, 0.2) is 24.3 Å². The van der Waals surface area contributed by atoms with E-state index >= 15 is 0 Å². The summed E-state index contributed by atoms with van der Waals surface area (Å²) in [4.78, 5) is 11.9. The monoisotopic (exact) mass is 320 g/mol. The van der Waals surface area contributed by atoms with E-state index in [1.807, 2.05) is 0 Å². The van der Waals surface area contributed by atoms with Gasteiger partial charge in [-0.3, -0.25) is 4.79 Å². The Morgan fingerprint density at radius 2 is 2.04 bits per heavy atom. The minimum atomic E-state index is -1.52. The lowest BCUT2D eigenvalue weighted by molar-refractivity contribution is -0.135. The summed E-state index contributed by atoms with van der Waals surface area (Å²) in [6, 6.07) is 0. The molecule has 23 heavy (non-hydrogen) atoms. The molecule has 6 atom stereocenters. The van der Waals surface area contributed by atoms with Gasteiger partial charge in [-0.15, -0.1) is 0 Å². The van der Waals surface area contributed by atoms with Gasteiger partial charge in [0, 0.05) is 18.3 Å². The van der Waals surface area contributed by atoms with Gasteiger partial charge in [-0.05, 0) is 73.7 Å². The van der Waals surface area contributed by atoms with Gasteiger partial charge in [0.2, 0.25) is 0 Å². The second kappa shape index (κ2) is 5.26. The van der Waals surface area contributed by atoms with Crippen molar-refractivity contribution in [2.45, 2.75) is 58.3 Å².